The first kappa shape index (κ1) is 21.3. The van der Waals surface area contributed by atoms with Gasteiger partial charge in [-0.25, -0.2) is 27.9 Å². The van der Waals surface area contributed by atoms with Crippen molar-refractivity contribution in [1.82, 2.24) is 14.7 Å². The van der Waals surface area contributed by atoms with E-state index < -0.39 is 22.2 Å². The molecule has 27 heavy (non-hydrogen) atoms. The van der Waals surface area contributed by atoms with Crippen molar-refractivity contribution < 1.29 is 36.2 Å². The third-order valence-electron chi connectivity index (χ3n) is 4.12. The first-order valence-electron chi connectivity index (χ1n) is 7.85. The van der Waals surface area contributed by atoms with Gasteiger partial charge in [0.2, 0.25) is 16.0 Å². The van der Waals surface area contributed by atoms with Crippen LogP contribution in [0.15, 0.2) is 18.5 Å². The molecule has 0 unspecified atom stereocenters. The molecule has 2 saturated heterocycles. The number of fused-ring (bicyclic) bond motifs is 1. The third-order valence-corrected chi connectivity index (χ3v) is 4.82. The van der Waals surface area contributed by atoms with Gasteiger partial charge in [-0.05, 0) is 6.07 Å². The lowest BCUT2D eigenvalue weighted by atomic mass is 9.93. The fourth-order valence-corrected chi connectivity index (χ4v) is 3.40. The number of alkyl halides is 3. The molecule has 1 aromatic rings. The molecule has 2 fully saturated rings. The minimum atomic E-state index is -5.08. The van der Waals surface area contributed by atoms with Crippen LogP contribution in [0, 0.1) is 11.8 Å². The topological polar surface area (TPSA) is 122 Å². The van der Waals surface area contributed by atoms with Crippen molar-refractivity contribution in [2.45, 2.75) is 12.3 Å². The van der Waals surface area contributed by atoms with Crippen LogP contribution in [0.1, 0.15) is 0 Å². The van der Waals surface area contributed by atoms with Gasteiger partial charge >= 0.3 is 12.1 Å². The number of sulfonamides is 1. The largest absolute Gasteiger partial charge is 0.490 e. The van der Waals surface area contributed by atoms with Gasteiger partial charge in [0.05, 0.1) is 19.0 Å². The number of carboxylic acid groups (broad SMARTS) is 1. The van der Waals surface area contributed by atoms with Crippen LogP contribution in [0.5, 0.6) is 0 Å². The summed E-state index contributed by atoms with van der Waals surface area (Å²) >= 11 is 0. The van der Waals surface area contributed by atoms with Gasteiger partial charge in [-0.1, -0.05) is 0 Å². The molecule has 0 aliphatic carbocycles. The highest BCUT2D eigenvalue weighted by Crippen LogP contribution is 2.34. The lowest BCUT2D eigenvalue weighted by Crippen LogP contribution is -2.33. The highest BCUT2D eigenvalue weighted by Gasteiger charge is 2.44. The molecule has 2 aliphatic heterocycles. The molecule has 0 aromatic carbocycles. The van der Waals surface area contributed by atoms with Crippen LogP contribution in [0.25, 0.3) is 0 Å². The lowest BCUT2D eigenvalue weighted by molar-refractivity contribution is -0.192. The molecule has 3 rings (SSSR count). The van der Waals surface area contributed by atoms with Gasteiger partial charge in [-0.3, -0.25) is 0 Å². The Morgan fingerprint density at radius 1 is 1.37 bits per heavy atom. The minimum Gasteiger partial charge on any atom is -0.475 e. The number of aliphatic carboxylic acids is 1. The van der Waals surface area contributed by atoms with Crippen molar-refractivity contribution >= 4 is 21.9 Å². The fraction of sp³-hybridized carbons (Fsp3) is 0.643. The van der Waals surface area contributed by atoms with Crippen LogP contribution in [-0.2, 0) is 19.6 Å². The van der Waals surface area contributed by atoms with Crippen LogP contribution in [0.2, 0.25) is 0 Å². The minimum absolute atomic E-state index is 0.144. The van der Waals surface area contributed by atoms with Gasteiger partial charge in [0, 0.05) is 43.9 Å². The number of halogens is 3. The zero-order valence-electron chi connectivity index (χ0n) is 14.3. The summed E-state index contributed by atoms with van der Waals surface area (Å²) in [4.78, 5) is 19.5. The first-order chi connectivity index (χ1) is 12.5. The van der Waals surface area contributed by atoms with Gasteiger partial charge in [-0.15, -0.1) is 0 Å². The normalized spacial score (nSPS) is 24.9. The Balaban J connectivity index is 0.000000321. The summed E-state index contributed by atoms with van der Waals surface area (Å²) in [5.41, 5.74) is 0. The van der Waals surface area contributed by atoms with E-state index in [1.807, 2.05) is 0 Å². The van der Waals surface area contributed by atoms with Gasteiger partial charge in [0.15, 0.2) is 0 Å². The predicted molar refractivity (Wildman–Crippen MR) is 87.5 cm³/mol. The lowest BCUT2D eigenvalue weighted by Gasteiger charge is -2.19. The maximum Gasteiger partial charge on any atom is 0.490 e. The number of aromatic nitrogens is 2. The van der Waals surface area contributed by atoms with Crippen LogP contribution < -0.4 is 9.62 Å². The Morgan fingerprint density at radius 2 is 1.96 bits per heavy atom. The second kappa shape index (κ2) is 8.35. The Hall–Kier alpha value is -1.99. The second-order valence-electron chi connectivity index (χ2n) is 6.17. The van der Waals surface area contributed by atoms with E-state index in [9.17, 15) is 21.6 Å². The molecular weight excluding hydrogens is 393 g/mol. The van der Waals surface area contributed by atoms with Crippen molar-refractivity contribution in [1.29, 1.82) is 0 Å². The maximum absolute atomic E-state index is 11.2. The second-order valence-corrected chi connectivity index (χ2v) is 8.01. The van der Waals surface area contributed by atoms with E-state index in [2.05, 4.69) is 19.6 Å². The summed E-state index contributed by atoms with van der Waals surface area (Å²) < 4.78 is 62.5. The molecule has 0 radical (unpaired) electrons. The molecule has 3 atom stereocenters. The van der Waals surface area contributed by atoms with Crippen LogP contribution >= 0.6 is 0 Å². The van der Waals surface area contributed by atoms with E-state index in [-0.39, 0.29) is 12.0 Å². The zero-order valence-corrected chi connectivity index (χ0v) is 15.1. The molecular formula is C14H19F3N4O5S. The van der Waals surface area contributed by atoms with Crippen LogP contribution in [-0.4, -0.2) is 74.2 Å². The molecule has 2 N–H and O–H groups in total. The number of carbonyl (C=O) groups is 1. The first-order valence-corrected chi connectivity index (χ1v) is 9.75. The van der Waals surface area contributed by atoms with Crippen molar-refractivity contribution in [2.75, 3.05) is 37.4 Å². The summed E-state index contributed by atoms with van der Waals surface area (Å²) in [7, 11) is -3.15. The monoisotopic (exact) mass is 412 g/mol. The summed E-state index contributed by atoms with van der Waals surface area (Å²) in [6, 6.07) is 1.79. The molecule has 152 valence electrons. The number of carboxylic acids is 1. The Kier molecular flexibility index (Phi) is 6.59. The smallest absolute Gasteiger partial charge is 0.475 e. The summed E-state index contributed by atoms with van der Waals surface area (Å²) in [6.45, 7) is 2.62. The average molecular weight is 412 g/mol. The third kappa shape index (κ3) is 6.29. The Morgan fingerprint density at radius 3 is 2.48 bits per heavy atom. The van der Waals surface area contributed by atoms with Crippen molar-refractivity contribution in [3.63, 3.8) is 0 Å². The predicted octanol–water partition coefficient (Wildman–Crippen LogP) is 0.110. The van der Waals surface area contributed by atoms with Gasteiger partial charge < -0.3 is 14.7 Å². The SMILES string of the molecule is CS(=O)(=O)NC[C@@H]1CO[C@@H]2CN(c3ncccn3)C[C@H]12.O=C(O)C(F)(F)F. The Labute approximate surface area is 153 Å². The van der Waals surface area contributed by atoms with E-state index in [0.29, 0.717) is 25.0 Å². The molecule has 3 heterocycles. The fourth-order valence-electron chi connectivity index (χ4n) is 2.89. The summed E-state index contributed by atoms with van der Waals surface area (Å²) in [5.74, 6) is -1.51. The zero-order chi connectivity index (χ0) is 20.2. The van der Waals surface area contributed by atoms with Crippen LogP contribution in [0.3, 0.4) is 0 Å². The Bertz CT molecular complexity index is 747. The number of hydrogen-bond donors (Lipinski definition) is 2. The molecule has 2 aliphatic rings. The van der Waals surface area contributed by atoms with Gasteiger partial charge in [0.25, 0.3) is 0 Å². The number of nitrogens with one attached hydrogen (secondary N) is 1. The number of ether oxygens (including phenoxy) is 1. The standard InChI is InChI=1S/C12H18N4O3S.C2HF3O2/c1-20(17,18)15-5-9-8-19-11-7-16(6-10(9)11)12-13-3-2-4-14-12;3-2(4,5)1(6)7/h2-4,9-11,15H,5-8H2,1H3;(H,6,7)/t9-,10-,11-;/m1./s1. The summed E-state index contributed by atoms with van der Waals surface area (Å²) in [6.07, 6.45) is -0.316. The quantitative estimate of drug-likeness (QED) is 0.715. The maximum atomic E-state index is 11.2. The van der Waals surface area contributed by atoms with Gasteiger partial charge in [0.1, 0.15) is 0 Å². The van der Waals surface area contributed by atoms with Crippen molar-refractivity contribution in [3.8, 4) is 0 Å². The number of nitrogens with zero attached hydrogens (tertiary/aromatic N) is 3. The number of hydrogen-bond acceptors (Lipinski definition) is 7. The van der Waals surface area contributed by atoms with Crippen molar-refractivity contribution in [3.05, 3.63) is 18.5 Å². The van der Waals surface area contributed by atoms with E-state index in [4.69, 9.17) is 14.6 Å². The molecule has 9 nitrogen and oxygen atoms in total. The number of anilines is 1. The van der Waals surface area contributed by atoms with Gasteiger partial charge in [-0.2, -0.15) is 13.2 Å². The van der Waals surface area contributed by atoms with Crippen molar-refractivity contribution in [2.24, 2.45) is 11.8 Å². The average Bonchev–Trinajstić information content (AvgIpc) is 3.13. The molecule has 1 aromatic heterocycles. The van der Waals surface area contributed by atoms with E-state index >= 15 is 0 Å². The highest BCUT2D eigenvalue weighted by molar-refractivity contribution is 7.88. The number of rotatable bonds is 4. The highest BCUT2D eigenvalue weighted by atomic mass is 32.2. The molecule has 13 heteroatoms. The van der Waals surface area contributed by atoms with E-state index in [0.717, 1.165) is 13.1 Å². The van der Waals surface area contributed by atoms with E-state index in [1.165, 1.54) is 6.26 Å². The molecule has 0 saturated carbocycles. The van der Waals surface area contributed by atoms with Crippen LogP contribution in [0.4, 0.5) is 19.1 Å². The molecule has 0 spiro atoms. The molecule has 0 amide bonds. The van der Waals surface area contributed by atoms with E-state index in [1.54, 1.807) is 18.5 Å². The molecule has 0 bridgehead atoms. The summed E-state index contributed by atoms with van der Waals surface area (Å²) in [5, 5.41) is 7.12.